The van der Waals surface area contributed by atoms with E-state index in [4.69, 9.17) is 0 Å². The van der Waals surface area contributed by atoms with Crippen molar-refractivity contribution < 1.29 is 0 Å². The normalized spacial score (nSPS) is 10.3. The van der Waals surface area contributed by atoms with Crippen molar-refractivity contribution in [2.45, 2.75) is 0 Å². The van der Waals surface area contributed by atoms with Crippen molar-refractivity contribution in [2.24, 2.45) is 0 Å². The monoisotopic (exact) mass is 236 g/mol. The smallest absolute Gasteiger partial charge is 0.108 e. The van der Waals surface area contributed by atoms with E-state index in [1.165, 1.54) is 0 Å². The van der Waals surface area contributed by atoms with Crippen molar-refractivity contribution in [1.29, 1.82) is 0 Å². The summed E-state index contributed by atoms with van der Waals surface area (Å²) in [6.45, 7) is 0. The SMILES string of the molecule is CNc1cc(Br)nc2ccccc12. The van der Waals surface area contributed by atoms with Gasteiger partial charge in [0.15, 0.2) is 0 Å². The molecule has 2 rings (SSSR count). The number of fused-ring (bicyclic) bond motifs is 1. The summed E-state index contributed by atoms with van der Waals surface area (Å²) in [6.07, 6.45) is 0. The second-order valence-corrected chi connectivity index (χ2v) is 3.57. The third kappa shape index (κ3) is 1.52. The molecule has 0 spiro atoms. The maximum absolute atomic E-state index is 4.36. The highest BCUT2D eigenvalue weighted by Gasteiger charge is 2.00. The van der Waals surface area contributed by atoms with Crippen molar-refractivity contribution in [3.05, 3.63) is 34.9 Å². The fraction of sp³-hybridized carbons (Fsp3) is 0.100. The Kier molecular flexibility index (Phi) is 2.19. The minimum absolute atomic E-state index is 0.857. The molecule has 0 aliphatic carbocycles. The van der Waals surface area contributed by atoms with Gasteiger partial charge in [-0.25, -0.2) is 4.98 Å². The Morgan fingerprint density at radius 2 is 2.08 bits per heavy atom. The zero-order valence-electron chi connectivity index (χ0n) is 7.21. The van der Waals surface area contributed by atoms with Gasteiger partial charge in [0.1, 0.15) is 4.60 Å². The number of halogens is 1. The highest BCUT2D eigenvalue weighted by molar-refractivity contribution is 9.10. The van der Waals surface area contributed by atoms with Crippen molar-refractivity contribution >= 4 is 32.5 Å². The minimum Gasteiger partial charge on any atom is -0.387 e. The largest absolute Gasteiger partial charge is 0.387 e. The summed E-state index contributed by atoms with van der Waals surface area (Å²) in [6, 6.07) is 10.0. The van der Waals surface area contributed by atoms with E-state index in [-0.39, 0.29) is 0 Å². The molecule has 0 saturated heterocycles. The number of benzene rings is 1. The molecule has 0 bridgehead atoms. The topological polar surface area (TPSA) is 24.9 Å². The Morgan fingerprint density at radius 1 is 1.31 bits per heavy atom. The molecule has 0 saturated carbocycles. The molecule has 0 unspecified atom stereocenters. The van der Waals surface area contributed by atoms with E-state index in [1.807, 2.05) is 31.3 Å². The Labute approximate surface area is 85.1 Å². The number of pyridine rings is 1. The Hall–Kier alpha value is -1.09. The van der Waals surface area contributed by atoms with E-state index < -0.39 is 0 Å². The lowest BCUT2D eigenvalue weighted by atomic mass is 10.2. The number of hydrogen-bond acceptors (Lipinski definition) is 2. The van der Waals surface area contributed by atoms with E-state index in [2.05, 4.69) is 32.3 Å². The molecule has 2 nitrogen and oxygen atoms in total. The van der Waals surface area contributed by atoms with Crippen LogP contribution in [0.1, 0.15) is 0 Å². The fourth-order valence-electron chi connectivity index (χ4n) is 1.35. The Morgan fingerprint density at radius 3 is 2.85 bits per heavy atom. The highest BCUT2D eigenvalue weighted by Crippen LogP contribution is 2.24. The third-order valence-electron chi connectivity index (χ3n) is 1.95. The predicted octanol–water partition coefficient (Wildman–Crippen LogP) is 3.04. The van der Waals surface area contributed by atoms with E-state index >= 15 is 0 Å². The van der Waals surface area contributed by atoms with Crippen LogP contribution in [0.3, 0.4) is 0 Å². The molecule has 0 fully saturated rings. The van der Waals surface area contributed by atoms with Crippen LogP contribution in [0.4, 0.5) is 5.69 Å². The number of para-hydroxylation sites is 1. The first-order valence-electron chi connectivity index (χ1n) is 4.04. The second-order valence-electron chi connectivity index (χ2n) is 2.76. The molecule has 0 atom stereocenters. The highest BCUT2D eigenvalue weighted by atomic mass is 79.9. The lowest BCUT2D eigenvalue weighted by Gasteiger charge is -2.05. The molecular weight excluding hydrogens is 228 g/mol. The summed E-state index contributed by atoms with van der Waals surface area (Å²) < 4.78 is 0.857. The van der Waals surface area contributed by atoms with Crippen LogP contribution in [0, 0.1) is 0 Å². The molecule has 0 aliphatic heterocycles. The van der Waals surface area contributed by atoms with Gasteiger partial charge in [-0.1, -0.05) is 18.2 Å². The minimum atomic E-state index is 0.857. The van der Waals surface area contributed by atoms with Crippen LogP contribution in [0.5, 0.6) is 0 Å². The standard InChI is InChI=1S/C10H9BrN2/c1-12-9-6-10(11)13-8-5-3-2-4-7(8)9/h2-6H,1H3,(H,12,13). The molecule has 0 radical (unpaired) electrons. The van der Waals surface area contributed by atoms with Gasteiger partial charge >= 0.3 is 0 Å². The second kappa shape index (κ2) is 3.34. The lowest BCUT2D eigenvalue weighted by Crippen LogP contribution is -1.91. The van der Waals surface area contributed by atoms with E-state index in [0.29, 0.717) is 0 Å². The van der Waals surface area contributed by atoms with E-state index in [0.717, 1.165) is 21.2 Å². The van der Waals surface area contributed by atoms with Crippen LogP contribution >= 0.6 is 15.9 Å². The summed E-state index contributed by atoms with van der Waals surface area (Å²) in [4.78, 5) is 4.36. The van der Waals surface area contributed by atoms with Gasteiger partial charge in [-0.05, 0) is 28.1 Å². The van der Waals surface area contributed by atoms with Crippen LogP contribution in [0.15, 0.2) is 34.9 Å². The van der Waals surface area contributed by atoms with E-state index in [1.54, 1.807) is 0 Å². The fourth-order valence-corrected chi connectivity index (χ4v) is 1.77. The molecule has 1 heterocycles. The van der Waals surface area contributed by atoms with Crippen molar-refractivity contribution in [3.8, 4) is 0 Å². The molecule has 2 aromatic rings. The first-order chi connectivity index (χ1) is 6.31. The van der Waals surface area contributed by atoms with Gasteiger partial charge in [0.25, 0.3) is 0 Å². The van der Waals surface area contributed by atoms with Gasteiger partial charge in [-0.15, -0.1) is 0 Å². The predicted molar refractivity (Wildman–Crippen MR) is 59.0 cm³/mol. The van der Waals surface area contributed by atoms with Crippen molar-refractivity contribution in [2.75, 3.05) is 12.4 Å². The number of nitrogens with one attached hydrogen (secondary N) is 1. The molecule has 66 valence electrons. The first kappa shape index (κ1) is 8.51. The summed E-state index contributed by atoms with van der Waals surface area (Å²) in [7, 11) is 1.91. The molecule has 0 amide bonds. The van der Waals surface area contributed by atoms with Gasteiger partial charge in [-0.2, -0.15) is 0 Å². The van der Waals surface area contributed by atoms with Gasteiger partial charge in [0, 0.05) is 18.1 Å². The molecule has 1 aromatic heterocycles. The van der Waals surface area contributed by atoms with Crippen LogP contribution in [-0.2, 0) is 0 Å². The number of hydrogen-bond donors (Lipinski definition) is 1. The molecule has 0 aliphatic rings. The quantitative estimate of drug-likeness (QED) is 0.771. The van der Waals surface area contributed by atoms with Gasteiger partial charge in [-0.3, -0.25) is 0 Å². The zero-order chi connectivity index (χ0) is 9.26. The Bertz CT molecular complexity index is 440. The van der Waals surface area contributed by atoms with Gasteiger partial charge < -0.3 is 5.32 Å². The van der Waals surface area contributed by atoms with Crippen molar-refractivity contribution in [1.82, 2.24) is 4.98 Å². The maximum atomic E-state index is 4.36. The van der Waals surface area contributed by atoms with E-state index in [9.17, 15) is 0 Å². The maximum Gasteiger partial charge on any atom is 0.108 e. The van der Waals surface area contributed by atoms with Crippen LogP contribution in [-0.4, -0.2) is 12.0 Å². The summed E-state index contributed by atoms with van der Waals surface area (Å²) >= 11 is 3.37. The van der Waals surface area contributed by atoms with Crippen LogP contribution in [0.25, 0.3) is 10.9 Å². The number of nitrogens with zero attached hydrogens (tertiary/aromatic N) is 1. The summed E-state index contributed by atoms with van der Waals surface area (Å²) in [5, 5.41) is 4.29. The Balaban J connectivity index is 2.81. The average molecular weight is 237 g/mol. The molecule has 1 N–H and O–H groups in total. The summed E-state index contributed by atoms with van der Waals surface area (Å²) in [5.41, 5.74) is 2.10. The van der Waals surface area contributed by atoms with Gasteiger partial charge in [0.05, 0.1) is 5.52 Å². The first-order valence-corrected chi connectivity index (χ1v) is 4.83. The zero-order valence-corrected chi connectivity index (χ0v) is 8.80. The average Bonchev–Trinajstić information content (AvgIpc) is 2.16. The van der Waals surface area contributed by atoms with Gasteiger partial charge in [0.2, 0.25) is 0 Å². The lowest BCUT2D eigenvalue weighted by molar-refractivity contribution is 1.34. The number of rotatable bonds is 1. The van der Waals surface area contributed by atoms with Crippen molar-refractivity contribution in [3.63, 3.8) is 0 Å². The molecule has 1 aromatic carbocycles. The van der Waals surface area contributed by atoms with Crippen LogP contribution in [0.2, 0.25) is 0 Å². The molecule has 13 heavy (non-hydrogen) atoms. The third-order valence-corrected chi connectivity index (χ3v) is 2.36. The van der Waals surface area contributed by atoms with Crippen LogP contribution < -0.4 is 5.32 Å². The molecule has 3 heteroatoms. The number of aromatic nitrogens is 1. The number of anilines is 1. The summed E-state index contributed by atoms with van der Waals surface area (Å²) in [5.74, 6) is 0. The molecular formula is C10H9BrN2.